The minimum absolute atomic E-state index is 1.29. The minimum Gasteiger partial charge on any atom is -0.0616 e. The second-order valence-electron chi connectivity index (χ2n) is 7.38. The third-order valence-corrected chi connectivity index (χ3v) is 5.84. The molecule has 0 amide bonds. The van der Waals surface area contributed by atoms with Crippen LogP contribution in [-0.2, 0) is 0 Å². The average molecular weight is 354 g/mol. The van der Waals surface area contributed by atoms with Gasteiger partial charge in [-0.1, -0.05) is 103 Å². The van der Waals surface area contributed by atoms with Crippen molar-refractivity contribution >= 4 is 43.1 Å². The fourth-order valence-corrected chi connectivity index (χ4v) is 4.55. The van der Waals surface area contributed by atoms with E-state index in [2.05, 4.69) is 109 Å². The van der Waals surface area contributed by atoms with Crippen molar-refractivity contribution in [1.29, 1.82) is 0 Å². The van der Waals surface area contributed by atoms with Crippen LogP contribution in [-0.4, -0.2) is 0 Å². The van der Waals surface area contributed by atoms with Crippen molar-refractivity contribution in [2.45, 2.75) is 0 Å². The summed E-state index contributed by atoms with van der Waals surface area (Å²) < 4.78 is 0. The molecule has 0 saturated carbocycles. The van der Waals surface area contributed by atoms with Crippen LogP contribution in [0.3, 0.4) is 0 Å². The van der Waals surface area contributed by atoms with E-state index in [4.69, 9.17) is 0 Å². The molecule has 0 spiro atoms. The molecule has 0 bridgehead atoms. The molecule has 0 nitrogen and oxygen atoms in total. The molecule has 0 fully saturated rings. The van der Waals surface area contributed by atoms with Crippen LogP contribution in [0.1, 0.15) is 0 Å². The summed E-state index contributed by atoms with van der Waals surface area (Å²) in [6, 6.07) is 39.6. The summed E-state index contributed by atoms with van der Waals surface area (Å²) in [5.74, 6) is 0. The first-order valence-electron chi connectivity index (χ1n) is 9.71. The largest absolute Gasteiger partial charge is 0.0616 e. The number of hydrogen-bond donors (Lipinski definition) is 0. The maximum absolute atomic E-state index is 2.35. The molecule has 28 heavy (non-hydrogen) atoms. The summed E-state index contributed by atoms with van der Waals surface area (Å²) in [5.41, 5.74) is 2.60. The Labute approximate surface area is 163 Å². The molecule has 0 N–H and O–H groups in total. The van der Waals surface area contributed by atoms with Gasteiger partial charge in [0, 0.05) is 0 Å². The predicted molar refractivity (Wildman–Crippen MR) is 122 cm³/mol. The minimum atomic E-state index is 1.29. The van der Waals surface area contributed by atoms with E-state index in [0.29, 0.717) is 0 Å². The van der Waals surface area contributed by atoms with Gasteiger partial charge in [-0.2, -0.15) is 0 Å². The van der Waals surface area contributed by atoms with Crippen LogP contribution in [0.15, 0.2) is 109 Å². The van der Waals surface area contributed by atoms with Crippen molar-refractivity contribution in [2.24, 2.45) is 0 Å². The zero-order valence-corrected chi connectivity index (χ0v) is 15.4. The second-order valence-corrected chi connectivity index (χ2v) is 7.38. The lowest BCUT2D eigenvalue weighted by Crippen LogP contribution is -1.87. The Bertz CT molecular complexity index is 1510. The molecule has 130 valence electrons. The summed E-state index contributed by atoms with van der Waals surface area (Å²) in [4.78, 5) is 0. The van der Waals surface area contributed by atoms with Gasteiger partial charge in [-0.3, -0.25) is 0 Å². The Hall–Kier alpha value is -3.64. The monoisotopic (exact) mass is 354 g/mol. The second kappa shape index (κ2) is 5.94. The lowest BCUT2D eigenvalue weighted by Gasteiger charge is -2.14. The first-order chi connectivity index (χ1) is 13.9. The van der Waals surface area contributed by atoms with Crippen LogP contribution in [0.4, 0.5) is 0 Å². The molecule has 0 unspecified atom stereocenters. The van der Waals surface area contributed by atoms with Crippen LogP contribution in [0.25, 0.3) is 54.2 Å². The van der Waals surface area contributed by atoms with E-state index in [1.54, 1.807) is 0 Å². The van der Waals surface area contributed by atoms with E-state index in [1.807, 2.05) is 0 Å². The van der Waals surface area contributed by atoms with Crippen molar-refractivity contribution in [1.82, 2.24) is 0 Å². The highest BCUT2D eigenvalue weighted by atomic mass is 14.1. The van der Waals surface area contributed by atoms with Crippen molar-refractivity contribution in [3.63, 3.8) is 0 Å². The Morgan fingerprint density at radius 2 is 0.821 bits per heavy atom. The summed E-state index contributed by atoms with van der Waals surface area (Å²) in [5, 5.41) is 10.4. The van der Waals surface area contributed by atoms with Gasteiger partial charge in [0.05, 0.1) is 0 Å². The van der Waals surface area contributed by atoms with Gasteiger partial charge in [0.15, 0.2) is 0 Å². The van der Waals surface area contributed by atoms with Crippen molar-refractivity contribution in [3.05, 3.63) is 109 Å². The maximum atomic E-state index is 2.35. The summed E-state index contributed by atoms with van der Waals surface area (Å²) in [6.07, 6.45) is 0. The SMILES string of the molecule is c1ccc2c(c1)ccc1c(-c3cc4ccccc4c4ccccc34)cccc12. The third-order valence-electron chi connectivity index (χ3n) is 5.84. The molecule has 0 saturated heterocycles. The van der Waals surface area contributed by atoms with Crippen molar-refractivity contribution in [3.8, 4) is 11.1 Å². The maximum Gasteiger partial charge on any atom is -0.00928 e. The van der Waals surface area contributed by atoms with E-state index in [-0.39, 0.29) is 0 Å². The highest BCUT2D eigenvalue weighted by Gasteiger charge is 2.11. The van der Waals surface area contributed by atoms with Crippen LogP contribution < -0.4 is 0 Å². The fraction of sp³-hybridized carbons (Fsp3) is 0. The zero-order chi connectivity index (χ0) is 18.5. The number of hydrogen-bond acceptors (Lipinski definition) is 0. The topological polar surface area (TPSA) is 0 Å². The van der Waals surface area contributed by atoms with Crippen molar-refractivity contribution in [2.75, 3.05) is 0 Å². The van der Waals surface area contributed by atoms with Gasteiger partial charge in [-0.25, -0.2) is 0 Å². The molecule has 0 aliphatic carbocycles. The molecule has 0 aliphatic heterocycles. The molecule has 6 aromatic rings. The van der Waals surface area contributed by atoms with E-state index < -0.39 is 0 Å². The number of rotatable bonds is 1. The third kappa shape index (κ3) is 2.18. The van der Waals surface area contributed by atoms with E-state index >= 15 is 0 Å². The van der Waals surface area contributed by atoms with Gasteiger partial charge in [-0.05, 0) is 60.3 Å². The Kier molecular flexibility index (Phi) is 3.27. The van der Waals surface area contributed by atoms with Crippen LogP contribution >= 0.6 is 0 Å². The molecule has 0 atom stereocenters. The quantitative estimate of drug-likeness (QED) is 0.263. The zero-order valence-electron chi connectivity index (χ0n) is 15.4. The van der Waals surface area contributed by atoms with Gasteiger partial charge in [0.25, 0.3) is 0 Å². The fourth-order valence-electron chi connectivity index (χ4n) is 4.55. The first-order valence-corrected chi connectivity index (χ1v) is 9.71. The van der Waals surface area contributed by atoms with E-state index in [9.17, 15) is 0 Å². The van der Waals surface area contributed by atoms with E-state index in [0.717, 1.165) is 0 Å². The lowest BCUT2D eigenvalue weighted by atomic mass is 9.89. The molecule has 6 aromatic carbocycles. The van der Waals surface area contributed by atoms with Crippen molar-refractivity contribution < 1.29 is 0 Å². The Balaban J connectivity index is 1.78. The number of fused-ring (bicyclic) bond motifs is 6. The Morgan fingerprint density at radius 3 is 1.61 bits per heavy atom. The summed E-state index contributed by atoms with van der Waals surface area (Å²) in [7, 11) is 0. The summed E-state index contributed by atoms with van der Waals surface area (Å²) in [6.45, 7) is 0. The highest BCUT2D eigenvalue weighted by molar-refractivity contribution is 6.18. The molecule has 0 heteroatoms. The molecule has 0 radical (unpaired) electrons. The van der Waals surface area contributed by atoms with Gasteiger partial charge in [0.2, 0.25) is 0 Å². The van der Waals surface area contributed by atoms with Crippen LogP contribution in [0.5, 0.6) is 0 Å². The lowest BCUT2D eigenvalue weighted by molar-refractivity contribution is 1.71. The summed E-state index contributed by atoms with van der Waals surface area (Å²) >= 11 is 0. The molecule has 0 heterocycles. The number of benzene rings is 6. The highest BCUT2D eigenvalue weighted by Crippen LogP contribution is 2.39. The Morgan fingerprint density at radius 1 is 0.286 bits per heavy atom. The molecule has 0 aliphatic rings. The first kappa shape index (κ1) is 15.4. The van der Waals surface area contributed by atoms with Crippen LogP contribution in [0.2, 0.25) is 0 Å². The van der Waals surface area contributed by atoms with Gasteiger partial charge in [-0.15, -0.1) is 0 Å². The van der Waals surface area contributed by atoms with Gasteiger partial charge < -0.3 is 0 Å². The normalized spacial score (nSPS) is 11.6. The van der Waals surface area contributed by atoms with Crippen LogP contribution in [0, 0.1) is 0 Å². The predicted octanol–water partition coefficient (Wildman–Crippen LogP) is 7.97. The molecular weight excluding hydrogens is 336 g/mol. The molecule has 0 aromatic heterocycles. The molecular formula is C28H18. The van der Waals surface area contributed by atoms with Gasteiger partial charge in [0.1, 0.15) is 0 Å². The molecule has 6 rings (SSSR count). The van der Waals surface area contributed by atoms with E-state index in [1.165, 1.54) is 54.2 Å². The smallest absolute Gasteiger partial charge is 0.00928 e. The van der Waals surface area contributed by atoms with Gasteiger partial charge >= 0.3 is 0 Å². The average Bonchev–Trinajstić information content (AvgIpc) is 2.78. The standard InChI is InChI=1S/C28H18/c1-3-10-21-19(8-1)16-17-27-24(21)14-7-15-26(27)28-18-20-9-2-4-11-22(20)23-12-5-6-13-25(23)28/h1-18H.